The second-order valence-electron chi connectivity index (χ2n) is 5.39. The third kappa shape index (κ3) is 3.30. The van der Waals surface area contributed by atoms with Crippen molar-refractivity contribution in [2.75, 3.05) is 6.54 Å². The Balaban J connectivity index is 2.15. The SMILES string of the molecule is NCC(CC1(C(F)(F)F)CC1)c1ccc(C(F)(F)F)nc1. The first-order valence-corrected chi connectivity index (χ1v) is 6.39. The molecule has 8 heteroatoms. The summed E-state index contributed by atoms with van der Waals surface area (Å²) >= 11 is 0. The Hall–Kier alpha value is -1.31. The van der Waals surface area contributed by atoms with Gasteiger partial charge in [-0.3, -0.25) is 4.98 Å². The molecular weight excluding hydrogens is 298 g/mol. The van der Waals surface area contributed by atoms with Gasteiger partial charge in [0, 0.05) is 6.20 Å². The van der Waals surface area contributed by atoms with E-state index in [2.05, 4.69) is 4.98 Å². The number of hydrogen-bond acceptors (Lipinski definition) is 2. The van der Waals surface area contributed by atoms with E-state index in [4.69, 9.17) is 5.73 Å². The molecule has 0 amide bonds. The lowest BCUT2D eigenvalue weighted by molar-refractivity contribution is -0.190. The number of alkyl halides is 6. The van der Waals surface area contributed by atoms with Crippen molar-refractivity contribution in [1.29, 1.82) is 0 Å². The zero-order chi connectivity index (χ0) is 15.9. The molecule has 1 fully saturated rings. The number of aromatic nitrogens is 1. The van der Waals surface area contributed by atoms with Gasteiger partial charge >= 0.3 is 12.4 Å². The van der Waals surface area contributed by atoms with Crippen molar-refractivity contribution in [2.24, 2.45) is 11.1 Å². The van der Waals surface area contributed by atoms with E-state index in [1.54, 1.807) is 0 Å². The second-order valence-corrected chi connectivity index (χ2v) is 5.39. The second kappa shape index (κ2) is 5.15. The normalized spacial score (nSPS) is 19.4. The molecule has 1 atom stereocenters. The molecule has 0 bridgehead atoms. The van der Waals surface area contributed by atoms with Gasteiger partial charge in [-0.1, -0.05) is 6.07 Å². The summed E-state index contributed by atoms with van der Waals surface area (Å²) in [6, 6.07) is 1.92. The molecule has 1 heterocycles. The molecule has 0 saturated heterocycles. The zero-order valence-electron chi connectivity index (χ0n) is 10.9. The maximum absolute atomic E-state index is 12.9. The molecule has 1 aromatic rings. The topological polar surface area (TPSA) is 38.9 Å². The smallest absolute Gasteiger partial charge is 0.330 e. The minimum atomic E-state index is -4.57. The molecule has 2 rings (SSSR count). The molecule has 1 saturated carbocycles. The van der Waals surface area contributed by atoms with Crippen molar-refractivity contribution < 1.29 is 26.3 Å². The molecule has 1 aromatic heterocycles. The van der Waals surface area contributed by atoms with Gasteiger partial charge in [0.2, 0.25) is 0 Å². The Kier molecular flexibility index (Phi) is 3.94. The molecule has 0 spiro atoms. The van der Waals surface area contributed by atoms with Gasteiger partial charge in [-0.15, -0.1) is 0 Å². The molecule has 0 radical (unpaired) electrons. The van der Waals surface area contributed by atoms with Crippen LogP contribution in [-0.4, -0.2) is 17.7 Å². The van der Waals surface area contributed by atoms with Crippen LogP contribution in [0.1, 0.15) is 36.4 Å². The summed E-state index contributed by atoms with van der Waals surface area (Å²) in [5.41, 5.74) is 2.99. The van der Waals surface area contributed by atoms with E-state index < -0.39 is 29.4 Å². The standard InChI is InChI=1S/C13H14F6N2/c14-12(15,16)10-2-1-8(7-21-10)9(6-20)5-11(3-4-11)13(17,18)19/h1-2,7,9H,3-6,20H2. The lowest BCUT2D eigenvalue weighted by Gasteiger charge is -2.24. The Bertz CT molecular complexity index is 487. The molecule has 118 valence electrons. The summed E-state index contributed by atoms with van der Waals surface area (Å²) in [5.74, 6) is -0.649. The van der Waals surface area contributed by atoms with Crippen molar-refractivity contribution in [1.82, 2.24) is 4.98 Å². The van der Waals surface area contributed by atoms with Crippen LogP contribution in [0, 0.1) is 5.41 Å². The molecule has 1 aliphatic rings. The molecule has 1 unspecified atom stereocenters. The van der Waals surface area contributed by atoms with Crippen LogP contribution in [0.25, 0.3) is 0 Å². The van der Waals surface area contributed by atoms with Crippen LogP contribution < -0.4 is 5.73 Å². The van der Waals surface area contributed by atoms with Crippen molar-refractivity contribution >= 4 is 0 Å². The van der Waals surface area contributed by atoms with Gasteiger partial charge in [0.05, 0.1) is 5.41 Å². The fraction of sp³-hybridized carbons (Fsp3) is 0.615. The Morgan fingerprint density at radius 1 is 1.14 bits per heavy atom. The number of halogens is 6. The summed E-state index contributed by atoms with van der Waals surface area (Å²) in [4.78, 5) is 3.27. The molecule has 0 aliphatic heterocycles. The predicted octanol–water partition coefficient (Wildman–Crippen LogP) is 3.88. The van der Waals surface area contributed by atoms with Gasteiger partial charge in [-0.25, -0.2) is 0 Å². The Morgan fingerprint density at radius 3 is 2.10 bits per heavy atom. The monoisotopic (exact) mass is 312 g/mol. The van der Waals surface area contributed by atoms with E-state index in [1.807, 2.05) is 0 Å². The van der Waals surface area contributed by atoms with Crippen LogP contribution in [0.5, 0.6) is 0 Å². The first-order chi connectivity index (χ1) is 9.59. The minimum absolute atomic E-state index is 0.0427. The van der Waals surface area contributed by atoms with Crippen LogP contribution in [0.4, 0.5) is 26.3 Å². The van der Waals surface area contributed by atoms with E-state index >= 15 is 0 Å². The average Bonchev–Trinajstić information content (AvgIpc) is 3.15. The molecule has 2 N–H and O–H groups in total. The molecule has 21 heavy (non-hydrogen) atoms. The highest BCUT2D eigenvalue weighted by atomic mass is 19.4. The lowest BCUT2D eigenvalue weighted by Crippen LogP contribution is -2.28. The van der Waals surface area contributed by atoms with E-state index in [1.165, 1.54) is 0 Å². The van der Waals surface area contributed by atoms with E-state index in [-0.39, 0.29) is 25.8 Å². The van der Waals surface area contributed by atoms with Gasteiger partial charge < -0.3 is 5.73 Å². The van der Waals surface area contributed by atoms with Gasteiger partial charge in [0.15, 0.2) is 0 Å². The maximum Gasteiger partial charge on any atom is 0.433 e. The zero-order valence-corrected chi connectivity index (χ0v) is 10.9. The van der Waals surface area contributed by atoms with Crippen molar-refractivity contribution in [3.8, 4) is 0 Å². The van der Waals surface area contributed by atoms with Crippen LogP contribution in [0.2, 0.25) is 0 Å². The maximum atomic E-state index is 12.9. The van der Waals surface area contributed by atoms with E-state index in [0.29, 0.717) is 5.56 Å². The van der Waals surface area contributed by atoms with Crippen molar-refractivity contribution in [3.63, 3.8) is 0 Å². The van der Waals surface area contributed by atoms with Gasteiger partial charge in [-0.2, -0.15) is 26.3 Å². The quantitative estimate of drug-likeness (QED) is 0.857. The third-order valence-electron chi connectivity index (χ3n) is 3.92. The summed E-state index contributed by atoms with van der Waals surface area (Å²) in [6.07, 6.45) is -8.03. The summed E-state index contributed by atoms with van der Waals surface area (Å²) in [6.45, 7) is -0.0646. The van der Waals surface area contributed by atoms with Crippen molar-refractivity contribution in [3.05, 3.63) is 29.6 Å². The first-order valence-electron chi connectivity index (χ1n) is 6.39. The summed E-state index contributed by atoms with van der Waals surface area (Å²) in [5, 5.41) is 0. The number of rotatable bonds is 4. The fourth-order valence-corrected chi connectivity index (χ4v) is 2.38. The fourth-order valence-electron chi connectivity index (χ4n) is 2.38. The van der Waals surface area contributed by atoms with Crippen LogP contribution in [0.3, 0.4) is 0 Å². The number of hydrogen-bond donors (Lipinski definition) is 1. The largest absolute Gasteiger partial charge is 0.433 e. The van der Waals surface area contributed by atoms with Crippen LogP contribution in [-0.2, 0) is 6.18 Å². The molecule has 0 aromatic carbocycles. The minimum Gasteiger partial charge on any atom is -0.330 e. The van der Waals surface area contributed by atoms with Crippen LogP contribution >= 0.6 is 0 Å². The van der Waals surface area contributed by atoms with Crippen molar-refractivity contribution in [2.45, 2.75) is 37.5 Å². The average molecular weight is 312 g/mol. The van der Waals surface area contributed by atoms with Gasteiger partial charge in [-0.05, 0) is 43.4 Å². The third-order valence-corrected chi connectivity index (χ3v) is 3.92. The summed E-state index contributed by atoms with van der Waals surface area (Å²) in [7, 11) is 0. The Labute approximate surface area is 117 Å². The van der Waals surface area contributed by atoms with Gasteiger partial charge in [0.1, 0.15) is 5.69 Å². The lowest BCUT2D eigenvalue weighted by atomic mass is 9.87. The van der Waals surface area contributed by atoms with Gasteiger partial charge in [0.25, 0.3) is 0 Å². The number of pyridine rings is 1. The molecule has 2 nitrogen and oxygen atoms in total. The Morgan fingerprint density at radius 2 is 1.76 bits per heavy atom. The van der Waals surface area contributed by atoms with Crippen LogP contribution in [0.15, 0.2) is 18.3 Å². The van der Waals surface area contributed by atoms with E-state index in [9.17, 15) is 26.3 Å². The number of nitrogens with two attached hydrogens (primary N) is 1. The predicted molar refractivity (Wildman–Crippen MR) is 63.4 cm³/mol. The highest BCUT2D eigenvalue weighted by molar-refractivity contribution is 5.21. The summed E-state index contributed by atoms with van der Waals surface area (Å²) < 4.78 is 76.0. The molecular formula is C13H14F6N2. The number of nitrogens with zero attached hydrogens (tertiary/aromatic N) is 1. The first kappa shape index (κ1) is 16.1. The highest BCUT2D eigenvalue weighted by Crippen LogP contribution is 2.61. The highest BCUT2D eigenvalue weighted by Gasteiger charge is 2.63. The van der Waals surface area contributed by atoms with E-state index in [0.717, 1.165) is 18.3 Å². The molecule has 1 aliphatic carbocycles.